The second-order valence-corrected chi connectivity index (χ2v) is 7.05. The Morgan fingerprint density at radius 1 is 1.27 bits per heavy atom. The largest absolute Gasteiger partial charge is 0.379 e. The van der Waals surface area contributed by atoms with Crippen molar-refractivity contribution in [2.24, 2.45) is 0 Å². The predicted molar refractivity (Wildman–Crippen MR) is 101 cm³/mol. The van der Waals surface area contributed by atoms with E-state index in [1.165, 1.54) is 0 Å². The van der Waals surface area contributed by atoms with Crippen molar-refractivity contribution in [3.05, 3.63) is 64.6 Å². The molecular weight excluding hydrogens is 348 g/mol. The quantitative estimate of drug-likeness (QED) is 0.750. The lowest BCUT2D eigenvalue weighted by Crippen LogP contribution is -2.49. The minimum absolute atomic E-state index is 0.0682. The van der Waals surface area contributed by atoms with Gasteiger partial charge < -0.3 is 14.8 Å². The Balaban J connectivity index is 1.43. The summed E-state index contributed by atoms with van der Waals surface area (Å²) in [7, 11) is 0. The molecule has 26 heavy (non-hydrogen) atoms. The van der Waals surface area contributed by atoms with Crippen molar-refractivity contribution in [2.45, 2.75) is 25.2 Å². The van der Waals surface area contributed by atoms with Crippen LogP contribution in [0.2, 0.25) is 0 Å². The number of nitrogens with one attached hydrogen (secondary N) is 1. The third-order valence-electron chi connectivity index (χ3n) is 4.56. The van der Waals surface area contributed by atoms with Crippen LogP contribution < -0.4 is 5.32 Å². The van der Waals surface area contributed by atoms with E-state index in [0.717, 1.165) is 22.9 Å². The van der Waals surface area contributed by atoms with Crippen LogP contribution >= 0.6 is 11.3 Å². The maximum absolute atomic E-state index is 12.7. The van der Waals surface area contributed by atoms with Crippen LogP contribution in [0.3, 0.4) is 0 Å². The number of rotatable bonds is 5. The van der Waals surface area contributed by atoms with Gasteiger partial charge in [-0.2, -0.15) is 0 Å². The van der Waals surface area contributed by atoms with E-state index in [0.29, 0.717) is 25.4 Å². The molecule has 0 bridgehead atoms. The molecule has 3 aromatic rings. The number of amides is 1. The predicted octanol–water partition coefficient (Wildman–Crippen LogP) is 3.40. The lowest BCUT2D eigenvalue weighted by molar-refractivity contribution is -0.0742. The second-order valence-electron chi connectivity index (χ2n) is 6.33. The third-order valence-corrected chi connectivity index (χ3v) is 5.20. The number of fused-ring (bicyclic) bond motifs is 1. The summed E-state index contributed by atoms with van der Waals surface area (Å²) in [6, 6.07) is 13.7. The molecule has 0 saturated carbocycles. The standard InChI is InChI=1S/C20H20N2O3S/c23-20(16-6-5-14-3-1-2-4-15(14)9-16)22-18-7-8-24-11-19(18)25-10-17-12-26-13-21-17/h1-6,9,12-13,18-19H,7-8,10-11H2,(H,22,23)/t18-,19-/m1/s1. The lowest BCUT2D eigenvalue weighted by Gasteiger charge is -2.32. The van der Waals surface area contributed by atoms with E-state index >= 15 is 0 Å². The Kier molecular flexibility index (Phi) is 5.24. The zero-order chi connectivity index (χ0) is 17.8. The van der Waals surface area contributed by atoms with Crippen molar-refractivity contribution < 1.29 is 14.3 Å². The van der Waals surface area contributed by atoms with Crippen LogP contribution in [-0.4, -0.2) is 36.3 Å². The maximum Gasteiger partial charge on any atom is 0.251 e. The van der Waals surface area contributed by atoms with Gasteiger partial charge in [0.15, 0.2) is 0 Å². The molecule has 2 aromatic carbocycles. The number of benzene rings is 2. The summed E-state index contributed by atoms with van der Waals surface area (Å²) in [5.41, 5.74) is 3.35. The van der Waals surface area contributed by atoms with Gasteiger partial charge in [-0.3, -0.25) is 4.79 Å². The molecule has 0 unspecified atom stereocenters. The fraction of sp³-hybridized carbons (Fsp3) is 0.300. The van der Waals surface area contributed by atoms with Gasteiger partial charge in [0, 0.05) is 17.6 Å². The summed E-state index contributed by atoms with van der Waals surface area (Å²) in [5, 5.41) is 7.27. The highest BCUT2D eigenvalue weighted by Crippen LogP contribution is 2.18. The fourth-order valence-corrected chi connectivity index (χ4v) is 3.67. The number of hydrogen-bond acceptors (Lipinski definition) is 5. The first-order chi connectivity index (χ1) is 12.8. The molecule has 1 aromatic heterocycles. The number of thiazole rings is 1. The lowest BCUT2D eigenvalue weighted by atomic mass is 10.0. The van der Waals surface area contributed by atoms with E-state index < -0.39 is 0 Å². The third kappa shape index (κ3) is 3.93. The topological polar surface area (TPSA) is 60.5 Å². The summed E-state index contributed by atoms with van der Waals surface area (Å²) in [6.45, 7) is 1.53. The van der Waals surface area contributed by atoms with Crippen LogP contribution in [0.15, 0.2) is 53.4 Å². The van der Waals surface area contributed by atoms with Gasteiger partial charge in [-0.1, -0.05) is 30.3 Å². The normalized spacial score (nSPS) is 20.2. The molecule has 134 valence electrons. The minimum Gasteiger partial charge on any atom is -0.379 e. The molecule has 1 aliphatic heterocycles. The highest BCUT2D eigenvalue weighted by atomic mass is 32.1. The summed E-state index contributed by atoms with van der Waals surface area (Å²) >= 11 is 1.54. The van der Waals surface area contributed by atoms with Crippen LogP contribution in [-0.2, 0) is 16.1 Å². The first-order valence-corrected chi connectivity index (χ1v) is 9.60. The van der Waals surface area contributed by atoms with Gasteiger partial charge in [0.25, 0.3) is 5.91 Å². The van der Waals surface area contributed by atoms with Crippen molar-refractivity contribution >= 4 is 28.0 Å². The smallest absolute Gasteiger partial charge is 0.251 e. The highest BCUT2D eigenvalue weighted by molar-refractivity contribution is 7.07. The first kappa shape index (κ1) is 17.1. The SMILES string of the molecule is O=C(N[C@@H]1CCOC[C@H]1OCc1cscn1)c1ccc2ccccc2c1. The Labute approximate surface area is 156 Å². The van der Waals surface area contributed by atoms with Gasteiger partial charge in [-0.15, -0.1) is 11.3 Å². The molecule has 1 fully saturated rings. The molecule has 2 heterocycles. The zero-order valence-corrected chi connectivity index (χ0v) is 15.1. The van der Waals surface area contributed by atoms with Crippen LogP contribution in [0.1, 0.15) is 22.5 Å². The van der Waals surface area contributed by atoms with E-state index in [2.05, 4.69) is 10.3 Å². The molecule has 1 amide bonds. The van der Waals surface area contributed by atoms with E-state index in [-0.39, 0.29) is 18.1 Å². The van der Waals surface area contributed by atoms with Crippen molar-refractivity contribution in [3.8, 4) is 0 Å². The van der Waals surface area contributed by atoms with E-state index in [4.69, 9.17) is 9.47 Å². The number of carbonyl (C=O) groups is 1. The Morgan fingerprint density at radius 2 is 2.15 bits per heavy atom. The van der Waals surface area contributed by atoms with Crippen molar-refractivity contribution in [3.63, 3.8) is 0 Å². The maximum atomic E-state index is 12.7. The number of aromatic nitrogens is 1. The average molecular weight is 368 g/mol. The van der Waals surface area contributed by atoms with Gasteiger partial charge >= 0.3 is 0 Å². The Bertz CT molecular complexity index is 882. The Morgan fingerprint density at radius 3 is 3.00 bits per heavy atom. The number of carbonyl (C=O) groups excluding carboxylic acids is 1. The molecule has 0 spiro atoms. The second kappa shape index (κ2) is 7.95. The van der Waals surface area contributed by atoms with Gasteiger partial charge in [0.1, 0.15) is 6.10 Å². The molecule has 0 aliphatic carbocycles. The number of hydrogen-bond donors (Lipinski definition) is 1. The molecule has 1 saturated heterocycles. The molecule has 6 heteroatoms. The van der Waals surface area contributed by atoms with Crippen molar-refractivity contribution in [2.75, 3.05) is 13.2 Å². The van der Waals surface area contributed by atoms with Gasteiger partial charge in [0.2, 0.25) is 0 Å². The molecule has 4 rings (SSSR count). The number of nitrogens with zero attached hydrogens (tertiary/aromatic N) is 1. The molecule has 1 aliphatic rings. The van der Waals surface area contributed by atoms with Gasteiger partial charge in [0.05, 0.1) is 30.5 Å². The molecule has 0 radical (unpaired) electrons. The molecule has 2 atom stereocenters. The van der Waals surface area contributed by atoms with E-state index in [1.807, 2.05) is 47.8 Å². The zero-order valence-electron chi connectivity index (χ0n) is 14.3. The van der Waals surface area contributed by atoms with Crippen LogP contribution in [0.4, 0.5) is 0 Å². The summed E-state index contributed by atoms with van der Waals surface area (Å²) in [5.74, 6) is -0.0788. The summed E-state index contributed by atoms with van der Waals surface area (Å²) < 4.78 is 11.5. The summed E-state index contributed by atoms with van der Waals surface area (Å²) in [4.78, 5) is 16.9. The average Bonchev–Trinajstić information content (AvgIpc) is 3.20. The minimum atomic E-state index is -0.171. The molecular formula is C20H20N2O3S. The molecule has 1 N–H and O–H groups in total. The van der Waals surface area contributed by atoms with Gasteiger partial charge in [-0.05, 0) is 29.3 Å². The number of ether oxygens (including phenoxy) is 2. The summed E-state index contributed by atoms with van der Waals surface area (Å²) in [6.07, 6.45) is 0.566. The first-order valence-electron chi connectivity index (χ1n) is 8.66. The van der Waals surface area contributed by atoms with E-state index in [9.17, 15) is 4.79 Å². The monoisotopic (exact) mass is 368 g/mol. The van der Waals surface area contributed by atoms with Crippen LogP contribution in [0, 0.1) is 0 Å². The van der Waals surface area contributed by atoms with Crippen molar-refractivity contribution in [1.82, 2.24) is 10.3 Å². The Hall–Kier alpha value is -2.28. The van der Waals surface area contributed by atoms with Crippen LogP contribution in [0.25, 0.3) is 10.8 Å². The van der Waals surface area contributed by atoms with E-state index in [1.54, 1.807) is 16.8 Å². The fourth-order valence-electron chi connectivity index (χ4n) is 3.12. The van der Waals surface area contributed by atoms with Gasteiger partial charge in [-0.25, -0.2) is 4.98 Å². The van der Waals surface area contributed by atoms with Crippen LogP contribution in [0.5, 0.6) is 0 Å². The van der Waals surface area contributed by atoms with Crippen molar-refractivity contribution in [1.29, 1.82) is 0 Å². The highest BCUT2D eigenvalue weighted by Gasteiger charge is 2.28. The molecule has 5 nitrogen and oxygen atoms in total.